The van der Waals surface area contributed by atoms with Crippen LogP contribution in [0.15, 0.2) is 75.2 Å². The van der Waals surface area contributed by atoms with Crippen LogP contribution in [0.3, 0.4) is 0 Å². The second-order valence-electron chi connectivity index (χ2n) is 7.71. The van der Waals surface area contributed by atoms with Crippen LogP contribution in [0.1, 0.15) is 0 Å². The summed E-state index contributed by atoms with van der Waals surface area (Å²) in [6.07, 6.45) is 0. The molecule has 2 N–H and O–H groups in total. The molecule has 0 amide bonds. The first-order valence-corrected chi connectivity index (χ1v) is 13.3. The lowest BCUT2D eigenvalue weighted by atomic mass is 9.92. The number of hydrogen-bond donors (Lipinski definition) is 2. The predicted octanol–water partition coefficient (Wildman–Crippen LogP) is 4.81. The van der Waals surface area contributed by atoms with E-state index in [1.54, 1.807) is 42.5 Å². The van der Waals surface area contributed by atoms with Gasteiger partial charge in [-0.25, -0.2) is 0 Å². The highest BCUT2D eigenvalue weighted by Crippen LogP contribution is 2.43. The molecule has 0 aliphatic carbocycles. The van der Waals surface area contributed by atoms with E-state index >= 15 is 0 Å². The molecule has 5 aromatic carbocycles. The van der Waals surface area contributed by atoms with E-state index in [-0.39, 0.29) is 10.3 Å². The molecule has 0 aliphatic rings. The minimum Gasteiger partial charge on any atom is -0.289 e. The van der Waals surface area contributed by atoms with Crippen LogP contribution in [0.2, 0.25) is 0 Å². The van der Waals surface area contributed by atoms with Gasteiger partial charge in [-0.3, -0.25) is 13.9 Å². The lowest BCUT2D eigenvalue weighted by Gasteiger charge is -2.15. The van der Waals surface area contributed by atoms with E-state index in [1.165, 1.54) is 29.5 Å². The molecule has 6 rings (SSSR count). The van der Waals surface area contributed by atoms with Gasteiger partial charge in [0.25, 0.3) is 20.2 Å². The van der Waals surface area contributed by atoms with Gasteiger partial charge in [-0.05, 0) is 40.4 Å². The molecule has 0 unspecified atom stereocenters. The molecule has 1 heterocycles. The highest BCUT2D eigenvalue weighted by atomic mass is 32.2. The molecule has 0 atom stereocenters. The van der Waals surface area contributed by atoms with Gasteiger partial charge in [0.05, 0.1) is 10.1 Å². The van der Waals surface area contributed by atoms with Crippen molar-refractivity contribution < 1.29 is 25.9 Å². The molecule has 7 nitrogen and oxygen atoms in total. The molecule has 0 fully saturated rings. The molecule has 0 radical (unpaired) electrons. The van der Waals surface area contributed by atoms with E-state index in [9.17, 15) is 30.7 Å². The van der Waals surface area contributed by atoms with Crippen LogP contribution in [0.25, 0.3) is 52.5 Å². The first-order chi connectivity index (χ1) is 15.6. The summed E-state index contributed by atoms with van der Waals surface area (Å²) in [7, 11) is -9.07. The van der Waals surface area contributed by atoms with Gasteiger partial charge in [-0.2, -0.15) is 16.8 Å². The molecule has 0 spiro atoms. The van der Waals surface area contributed by atoms with Crippen molar-refractivity contribution in [3.8, 4) is 0 Å². The molecule has 0 aliphatic heterocycles. The summed E-state index contributed by atoms with van der Waals surface area (Å²) in [6, 6.07) is 15.7. The quantitative estimate of drug-likeness (QED) is 0.200. The third-order valence-electron chi connectivity index (χ3n) is 5.95. The summed E-state index contributed by atoms with van der Waals surface area (Å²) in [4.78, 5) is 12.8. The van der Waals surface area contributed by atoms with Crippen molar-refractivity contribution in [1.82, 2.24) is 0 Å². The van der Waals surface area contributed by atoms with Crippen molar-refractivity contribution >= 4 is 84.1 Å². The van der Waals surface area contributed by atoms with Crippen LogP contribution in [-0.2, 0) is 20.2 Å². The van der Waals surface area contributed by atoms with Gasteiger partial charge in [0.15, 0.2) is 5.43 Å². The SMILES string of the molecule is O=c1c2ccc3c4cccc(S(=O)(=O)O)c4sc4ccc(c5cccc(S(=O)(=O)O)c15)c2c43. The Balaban J connectivity index is 1.92. The Hall–Kier alpha value is -3.15. The smallest absolute Gasteiger partial charge is 0.289 e. The minimum absolute atomic E-state index is 0.0759. The predicted molar refractivity (Wildman–Crippen MR) is 129 cm³/mol. The zero-order valence-corrected chi connectivity index (χ0v) is 18.9. The largest absolute Gasteiger partial charge is 0.295 e. The molecule has 0 saturated carbocycles. The molecular formula is C23H12O7S3. The van der Waals surface area contributed by atoms with Gasteiger partial charge in [0, 0.05) is 26.2 Å². The zero-order chi connectivity index (χ0) is 23.3. The van der Waals surface area contributed by atoms with Crippen LogP contribution >= 0.6 is 11.3 Å². The minimum atomic E-state index is -4.62. The summed E-state index contributed by atoms with van der Waals surface area (Å²) in [5.74, 6) is 0. The van der Waals surface area contributed by atoms with Crippen LogP contribution in [0.5, 0.6) is 0 Å². The third-order valence-corrected chi connectivity index (χ3v) is 9.07. The first-order valence-electron chi connectivity index (χ1n) is 9.61. The zero-order valence-electron chi connectivity index (χ0n) is 16.4. The lowest BCUT2D eigenvalue weighted by Crippen LogP contribution is -2.09. The lowest BCUT2D eigenvalue weighted by molar-refractivity contribution is 0.482. The standard InChI is InChI=1S/C23H12O7S3/c24-22-15-8-7-13-14-4-2-6-18(33(28,29)30)23(14)31-16-10-9-12(19(15)20(13)16)11-3-1-5-17(21(11)22)32(25,26)27/h1-10H,(H,25,26,27)(H,28,29,30). The maximum absolute atomic E-state index is 13.4. The fraction of sp³-hybridized carbons (Fsp3) is 0. The Bertz CT molecular complexity index is 2090. The Morgan fingerprint density at radius 3 is 1.82 bits per heavy atom. The van der Waals surface area contributed by atoms with Crippen molar-refractivity contribution in [2.75, 3.05) is 0 Å². The normalized spacial score (nSPS) is 13.2. The Kier molecular flexibility index (Phi) is 4.01. The maximum atomic E-state index is 13.4. The van der Waals surface area contributed by atoms with Crippen LogP contribution in [0, 0.1) is 0 Å². The van der Waals surface area contributed by atoms with Crippen molar-refractivity contribution in [3.05, 3.63) is 70.9 Å². The molecule has 164 valence electrons. The fourth-order valence-corrected chi connectivity index (χ4v) is 7.55. The number of rotatable bonds is 2. The Morgan fingerprint density at radius 1 is 0.576 bits per heavy atom. The van der Waals surface area contributed by atoms with Crippen LogP contribution < -0.4 is 5.43 Å². The van der Waals surface area contributed by atoms with E-state index in [2.05, 4.69) is 0 Å². The number of hydrogen-bond acceptors (Lipinski definition) is 6. The molecule has 33 heavy (non-hydrogen) atoms. The second-order valence-corrected chi connectivity index (χ2v) is 11.5. The van der Waals surface area contributed by atoms with Crippen LogP contribution in [-0.4, -0.2) is 25.9 Å². The average Bonchev–Trinajstić information content (AvgIpc) is 2.76. The highest BCUT2D eigenvalue weighted by Gasteiger charge is 2.23. The number of fused-ring (bicyclic) bond motifs is 4. The topological polar surface area (TPSA) is 126 Å². The molecule has 0 saturated heterocycles. The highest BCUT2D eigenvalue weighted by molar-refractivity contribution is 7.86. The fourth-order valence-electron chi connectivity index (χ4n) is 4.67. The van der Waals surface area contributed by atoms with Gasteiger partial charge in [-0.1, -0.05) is 36.4 Å². The molecule has 6 aromatic rings. The van der Waals surface area contributed by atoms with E-state index < -0.39 is 30.6 Å². The van der Waals surface area contributed by atoms with Gasteiger partial charge < -0.3 is 0 Å². The van der Waals surface area contributed by atoms with Crippen molar-refractivity contribution in [2.24, 2.45) is 0 Å². The van der Waals surface area contributed by atoms with Crippen molar-refractivity contribution in [2.45, 2.75) is 9.79 Å². The van der Waals surface area contributed by atoms with Gasteiger partial charge >= 0.3 is 0 Å². The van der Waals surface area contributed by atoms with E-state index in [0.717, 1.165) is 5.39 Å². The van der Waals surface area contributed by atoms with Gasteiger partial charge in [0.2, 0.25) is 0 Å². The van der Waals surface area contributed by atoms with E-state index in [0.29, 0.717) is 41.7 Å². The molecular weight excluding hydrogens is 484 g/mol. The molecule has 10 heteroatoms. The first kappa shape index (κ1) is 20.5. The summed E-state index contributed by atoms with van der Waals surface area (Å²) >= 11 is 1.18. The Labute approximate surface area is 190 Å². The van der Waals surface area contributed by atoms with Crippen LogP contribution in [0.4, 0.5) is 0 Å². The third kappa shape index (κ3) is 2.76. The monoisotopic (exact) mass is 496 g/mol. The van der Waals surface area contributed by atoms with Crippen molar-refractivity contribution in [3.63, 3.8) is 0 Å². The van der Waals surface area contributed by atoms with E-state index in [1.807, 2.05) is 0 Å². The average molecular weight is 497 g/mol. The summed E-state index contributed by atoms with van der Waals surface area (Å²) in [5, 5.41) is 3.94. The molecule has 1 aromatic heterocycles. The second kappa shape index (κ2) is 6.46. The molecule has 0 bridgehead atoms. The van der Waals surface area contributed by atoms with E-state index in [4.69, 9.17) is 0 Å². The van der Waals surface area contributed by atoms with Crippen molar-refractivity contribution in [1.29, 1.82) is 0 Å². The summed E-state index contributed by atoms with van der Waals surface area (Å²) < 4.78 is 68.3. The maximum Gasteiger partial charge on any atom is 0.295 e. The summed E-state index contributed by atoms with van der Waals surface area (Å²) in [6.45, 7) is 0. The number of benzene rings is 5. The Morgan fingerprint density at radius 2 is 1.12 bits per heavy atom. The van der Waals surface area contributed by atoms with Gasteiger partial charge in [0.1, 0.15) is 9.79 Å². The van der Waals surface area contributed by atoms with Gasteiger partial charge in [-0.15, -0.1) is 11.3 Å². The summed E-state index contributed by atoms with van der Waals surface area (Å²) in [5.41, 5.74) is -0.517.